The predicted molar refractivity (Wildman–Crippen MR) is 103 cm³/mol. The first-order chi connectivity index (χ1) is 13.6. The van der Waals surface area contributed by atoms with Crippen LogP contribution in [0.2, 0.25) is 0 Å². The molecule has 2 amide bonds. The van der Waals surface area contributed by atoms with Gasteiger partial charge < -0.3 is 20.1 Å². The van der Waals surface area contributed by atoms with Gasteiger partial charge in [0.1, 0.15) is 23.5 Å². The van der Waals surface area contributed by atoms with Gasteiger partial charge in [0.05, 0.1) is 25.3 Å². The van der Waals surface area contributed by atoms with E-state index in [1.54, 1.807) is 55.6 Å². The van der Waals surface area contributed by atoms with E-state index in [2.05, 4.69) is 10.6 Å². The number of carbonyl (C=O) groups excluding carboxylic acids is 2. The first kappa shape index (κ1) is 19.2. The van der Waals surface area contributed by atoms with Gasteiger partial charge in [-0.1, -0.05) is 6.07 Å². The molecule has 7 heteroatoms. The van der Waals surface area contributed by atoms with Gasteiger partial charge in [0.15, 0.2) is 0 Å². The largest absolute Gasteiger partial charge is 0.497 e. The van der Waals surface area contributed by atoms with E-state index in [0.29, 0.717) is 43.0 Å². The van der Waals surface area contributed by atoms with Crippen LogP contribution in [0.5, 0.6) is 11.5 Å². The second kappa shape index (κ2) is 8.44. The second-order valence-electron chi connectivity index (χ2n) is 6.51. The topological polar surface area (TPSA) is 100 Å². The number of methoxy groups -OCH3 is 1. The first-order valence-corrected chi connectivity index (χ1v) is 8.94. The third-order valence-electron chi connectivity index (χ3n) is 4.58. The van der Waals surface area contributed by atoms with Crippen molar-refractivity contribution in [1.29, 1.82) is 5.26 Å². The quantitative estimate of drug-likeness (QED) is 0.542. The molecule has 144 valence electrons. The van der Waals surface area contributed by atoms with Crippen molar-refractivity contribution in [3.63, 3.8) is 0 Å². The van der Waals surface area contributed by atoms with Crippen molar-refractivity contribution in [3.8, 4) is 17.6 Å². The van der Waals surface area contributed by atoms with Crippen LogP contribution in [0.3, 0.4) is 0 Å². The zero-order valence-corrected chi connectivity index (χ0v) is 15.5. The van der Waals surface area contributed by atoms with Crippen LogP contribution in [0.1, 0.15) is 18.4 Å². The Hall–Kier alpha value is -3.53. The second-order valence-corrected chi connectivity index (χ2v) is 6.51. The molecule has 7 nitrogen and oxygen atoms in total. The maximum Gasteiger partial charge on any atom is 0.240 e. The molecule has 1 aliphatic carbocycles. The summed E-state index contributed by atoms with van der Waals surface area (Å²) in [5.41, 5.74) is -0.0864. The van der Waals surface area contributed by atoms with Gasteiger partial charge in [0, 0.05) is 5.69 Å². The summed E-state index contributed by atoms with van der Waals surface area (Å²) in [6.45, 7) is 0.587. The van der Waals surface area contributed by atoms with Gasteiger partial charge in [-0.05, 0) is 55.3 Å². The average Bonchev–Trinajstić information content (AvgIpc) is 3.54. The SMILES string of the molecule is COc1ccc(OCCNC(=O)C2(C(=O)Nc3cccc(C#N)c3)CC2)cc1. The van der Waals surface area contributed by atoms with Gasteiger partial charge in [0.2, 0.25) is 11.8 Å². The summed E-state index contributed by atoms with van der Waals surface area (Å²) in [6, 6.07) is 15.8. The minimum Gasteiger partial charge on any atom is -0.497 e. The normalized spacial score (nSPS) is 13.7. The zero-order chi connectivity index (χ0) is 20.0. The lowest BCUT2D eigenvalue weighted by Crippen LogP contribution is -2.41. The molecule has 0 unspecified atom stereocenters. The van der Waals surface area contributed by atoms with Gasteiger partial charge in [-0.25, -0.2) is 0 Å². The lowest BCUT2D eigenvalue weighted by atomic mass is 10.0. The summed E-state index contributed by atoms with van der Waals surface area (Å²) in [6.07, 6.45) is 1.00. The lowest BCUT2D eigenvalue weighted by Gasteiger charge is -2.16. The maximum absolute atomic E-state index is 12.6. The van der Waals surface area contributed by atoms with Crippen LogP contribution in [0, 0.1) is 16.7 Å². The molecule has 2 aromatic carbocycles. The molecule has 1 saturated carbocycles. The fourth-order valence-corrected chi connectivity index (χ4v) is 2.77. The van der Waals surface area contributed by atoms with Crippen molar-refractivity contribution in [1.82, 2.24) is 5.32 Å². The van der Waals surface area contributed by atoms with Crippen molar-refractivity contribution in [3.05, 3.63) is 54.1 Å². The van der Waals surface area contributed by atoms with E-state index in [9.17, 15) is 9.59 Å². The van der Waals surface area contributed by atoms with Crippen molar-refractivity contribution in [2.45, 2.75) is 12.8 Å². The monoisotopic (exact) mass is 379 g/mol. The fourth-order valence-electron chi connectivity index (χ4n) is 2.77. The molecule has 0 bridgehead atoms. The number of amides is 2. The summed E-state index contributed by atoms with van der Waals surface area (Å²) in [4.78, 5) is 25.0. The first-order valence-electron chi connectivity index (χ1n) is 8.94. The molecule has 1 aliphatic rings. The summed E-state index contributed by atoms with van der Waals surface area (Å²) >= 11 is 0. The zero-order valence-electron chi connectivity index (χ0n) is 15.5. The smallest absolute Gasteiger partial charge is 0.240 e. The molecule has 3 rings (SSSR count). The molecule has 1 fully saturated rings. The lowest BCUT2D eigenvalue weighted by molar-refractivity contribution is -0.134. The Labute approximate surface area is 163 Å². The Morgan fingerprint density at radius 2 is 1.82 bits per heavy atom. The molecule has 2 N–H and O–H groups in total. The Balaban J connectivity index is 1.47. The van der Waals surface area contributed by atoms with Crippen LogP contribution < -0.4 is 20.1 Å². The van der Waals surface area contributed by atoms with Gasteiger partial charge in [-0.15, -0.1) is 0 Å². The third-order valence-corrected chi connectivity index (χ3v) is 4.58. The molecule has 2 aromatic rings. The number of carbonyl (C=O) groups is 2. The number of anilines is 1. The number of nitrogens with zero attached hydrogens (tertiary/aromatic N) is 1. The Kier molecular flexibility index (Phi) is 5.80. The van der Waals surface area contributed by atoms with Crippen LogP contribution in [0.15, 0.2) is 48.5 Å². The number of ether oxygens (including phenoxy) is 2. The Morgan fingerprint density at radius 1 is 1.11 bits per heavy atom. The highest BCUT2D eigenvalue weighted by Crippen LogP contribution is 2.46. The number of nitrogens with one attached hydrogen (secondary N) is 2. The molecule has 0 spiro atoms. The molecular weight excluding hydrogens is 358 g/mol. The molecule has 0 aromatic heterocycles. The summed E-state index contributed by atoms with van der Waals surface area (Å²) < 4.78 is 10.7. The molecule has 0 atom stereocenters. The van der Waals surface area contributed by atoms with E-state index in [1.165, 1.54) is 0 Å². The highest BCUT2D eigenvalue weighted by atomic mass is 16.5. The summed E-state index contributed by atoms with van der Waals surface area (Å²) in [5, 5.41) is 14.4. The number of hydrogen-bond acceptors (Lipinski definition) is 5. The average molecular weight is 379 g/mol. The molecule has 0 heterocycles. The fraction of sp³-hybridized carbons (Fsp3) is 0.286. The maximum atomic E-state index is 12.6. The van der Waals surface area contributed by atoms with Crippen molar-refractivity contribution >= 4 is 17.5 Å². The van der Waals surface area contributed by atoms with Gasteiger partial charge in [-0.3, -0.25) is 9.59 Å². The summed E-state index contributed by atoms with van der Waals surface area (Å²) in [5.74, 6) is 0.755. The number of nitriles is 1. The van der Waals surface area contributed by atoms with E-state index < -0.39 is 5.41 Å². The Bertz CT molecular complexity index is 899. The van der Waals surface area contributed by atoms with Gasteiger partial charge in [-0.2, -0.15) is 5.26 Å². The van der Waals surface area contributed by atoms with Crippen molar-refractivity contribution < 1.29 is 19.1 Å². The van der Waals surface area contributed by atoms with Crippen LogP contribution in [0.4, 0.5) is 5.69 Å². The van der Waals surface area contributed by atoms with Crippen LogP contribution in [-0.2, 0) is 9.59 Å². The van der Waals surface area contributed by atoms with E-state index in [-0.39, 0.29) is 11.8 Å². The molecular formula is C21H21N3O4. The van der Waals surface area contributed by atoms with Crippen LogP contribution in [0.25, 0.3) is 0 Å². The predicted octanol–water partition coefficient (Wildman–Crippen LogP) is 2.48. The Morgan fingerprint density at radius 3 is 2.46 bits per heavy atom. The van der Waals surface area contributed by atoms with Crippen molar-refractivity contribution in [2.75, 3.05) is 25.6 Å². The number of hydrogen-bond donors (Lipinski definition) is 2. The van der Waals surface area contributed by atoms with E-state index >= 15 is 0 Å². The van der Waals surface area contributed by atoms with E-state index in [4.69, 9.17) is 14.7 Å². The number of rotatable bonds is 8. The summed E-state index contributed by atoms with van der Waals surface area (Å²) in [7, 11) is 1.59. The van der Waals surface area contributed by atoms with Gasteiger partial charge in [0.25, 0.3) is 0 Å². The highest BCUT2D eigenvalue weighted by Gasteiger charge is 2.56. The minimum absolute atomic E-state index is 0.292. The molecule has 28 heavy (non-hydrogen) atoms. The van der Waals surface area contributed by atoms with Crippen LogP contribution >= 0.6 is 0 Å². The molecule has 0 radical (unpaired) electrons. The molecule has 0 saturated heterocycles. The minimum atomic E-state index is -1.04. The number of benzene rings is 2. The standard InChI is InChI=1S/C21H21N3O4/c1-27-17-5-7-18(8-6-17)28-12-11-23-19(25)21(9-10-21)20(26)24-16-4-2-3-15(13-16)14-22/h2-8,13H,9-12H2,1H3,(H,23,25)(H,24,26). The van der Waals surface area contributed by atoms with E-state index in [1.807, 2.05) is 6.07 Å². The highest BCUT2D eigenvalue weighted by molar-refractivity contribution is 6.13. The molecule has 0 aliphatic heterocycles. The van der Waals surface area contributed by atoms with Crippen molar-refractivity contribution in [2.24, 2.45) is 5.41 Å². The van der Waals surface area contributed by atoms with E-state index in [0.717, 1.165) is 5.75 Å². The van der Waals surface area contributed by atoms with Gasteiger partial charge >= 0.3 is 0 Å². The van der Waals surface area contributed by atoms with Crippen LogP contribution in [-0.4, -0.2) is 32.1 Å². The third kappa shape index (κ3) is 4.41.